The van der Waals surface area contributed by atoms with Gasteiger partial charge in [-0.05, 0) is 43.2 Å². The van der Waals surface area contributed by atoms with Crippen molar-refractivity contribution in [2.45, 2.75) is 44.6 Å². The molecule has 0 saturated heterocycles. The molecule has 1 saturated carbocycles. The molecule has 6 heteroatoms. The number of methoxy groups -OCH3 is 2. The van der Waals surface area contributed by atoms with Crippen LogP contribution < -0.4 is 20.1 Å². The second kappa shape index (κ2) is 9.96. The van der Waals surface area contributed by atoms with Gasteiger partial charge in [-0.1, -0.05) is 31.7 Å². The number of benzene rings is 2. The normalized spacial score (nSPS) is 14.6. The molecule has 3 rings (SSSR count). The summed E-state index contributed by atoms with van der Waals surface area (Å²) in [4.78, 5) is 25.4. The quantitative estimate of drug-likeness (QED) is 0.709. The number of ether oxygens (including phenoxy) is 2. The minimum atomic E-state index is -0.308. The Morgan fingerprint density at radius 2 is 1.55 bits per heavy atom. The highest BCUT2D eigenvalue weighted by molar-refractivity contribution is 6.06. The standard InChI is InChI=1S/C23H28N2O4/c1-28-19-12-13-20(21(15-19)29-2)25-23(27)17-9-7-8-16(14-17)22(26)24-18-10-5-3-4-6-11-18/h7-9,12-15,18H,3-6,10-11H2,1-2H3,(H,24,26)(H,25,27). The van der Waals surface area contributed by atoms with Gasteiger partial charge in [-0.25, -0.2) is 0 Å². The van der Waals surface area contributed by atoms with Crippen molar-refractivity contribution >= 4 is 17.5 Å². The van der Waals surface area contributed by atoms with E-state index in [4.69, 9.17) is 9.47 Å². The topological polar surface area (TPSA) is 76.7 Å². The fourth-order valence-electron chi connectivity index (χ4n) is 3.59. The van der Waals surface area contributed by atoms with E-state index >= 15 is 0 Å². The summed E-state index contributed by atoms with van der Waals surface area (Å²) in [6.07, 6.45) is 6.80. The molecule has 6 nitrogen and oxygen atoms in total. The zero-order chi connectivity index (χ0) is 20.6. The lowest BCUT2D eigenvalue weighted by molar-refractivity contribution is 0.0933. The maximum atomic E-state index is 12.7. The lowest BCUT2D eigenvalue weighted by Crippen LogP contribution is -2.34. The molecule has 0 radical (unpaired) electrons. The van der Waals surface area contributed by atoms with Crippen molar-refractivity contribution in [3.63, 3.8) is 0 Å². The van der Waals surface area contributed by atoms with Crippen molar-refractivity contribution < 1.29 is 19.1 Å². The Bertz CT molecular complexity index is 858. The number of carbonyl (C=O) groups excluding carboxylic acids is 2. The summed E-state index contributed by atoms with van der Waals surface area (Å²) < 4.78 is 10.5. The van der Waals surface area contributed by atoms with E-state index in [1.807, 2.05) is 0 Å². The molecule has 0 aromatic heterocycles. The van der Waals surface area contributed by atoms with Crippen molar-refractivity contribution in [1.82, 2.24) is 5.32 Å². The van der Waals surface area contributed by atoms with Gasteiger partial charge in [-0.15, -0.1) is 0 Å². The van der Waals surface area contributed by atoms with Gasteiger partial charge in [-0.3, -0.25) is 9.59 Å². The Labute approximate surface area is 171 Å². The van der Waals surface area contributed by atoms with Crippen LogP contribution in [0.25, 0.3) is 0 Å². The van der Waals surface area contributed by atoms with Crippen molar-refractivity contribution in [3.8, 4) is 11.5 Å². The summed E-state index contributed by atoms with van der Waals surface area (Å²) >= 11 is 0. The molecule has 1 aliphatic rings. The van der Waals surface area contributed by atoms with Crippen molar-refractivity contribution in [1.29, 1.82) is 0 Å². The lowest BCUT2D eigenvalue weighted by atomic mass is 10.1. The zero-order valence-corrected chi connectivity index (χ0v) is 17.0. The number of hydrogen-bond donors (Lipinski definition) is 2. The summed E-state index contributed by atoms with van der Waals surface area (Å²) in [5, 5.41) is 5.95. The van der Waals surface area contributed by atoms with Crippen LogP contribution in [0.2, 0.25) is 0 Å². The molecule has 0 atom stereocenters. The van der Waals surface area contributed by atoms with E-state index in [0.29, 0.717) is 28.3 Å². The molecule has 0 bridgehead atoms. The Morgan fingerprint density at radius 1 is 0.862 bits per heavy atom. The summed E-state index contributed by atoms with van der Waals surface area (Å²) in [6.45, 7) is 0. The maximum absolute atomic E-state index is 12.7. The van der Waals surface area contributed by atoms with E-state index in [2.05, 4.69) is 10.6 Å². The van der Waals surface area contributed by atoms with Gasteiger partial charge in [0.15, 0.2) is 0 Å². The Balaban J connectivity index is 1.70. The van der Waals surface area contributed by atoms with Gasteiger partial charge in [0, 0.05) is 23.2 Å². The fourth-order valence-corrected chi connectivity index (χ4v) is 3.59. The molecule has 2 amide bonds. The van der Waals surface area contributed by atoms with Crippen LogP contribution >= 0.6 is 0 Å². The molecule has 2 N–H and O–H groups in total. The molecule has 0 aliphatic heterocycles. The molecule has 0 spiro atoms. The third-order valence-electron chi connectivity index (χ3n) is 5.23. The van der Waals surface area contributed by atoms with Crippen molar-refractivity contribution in [2.75, 3.05) is 19.5 Å². The van der Waals surface area contributed by atoms with E-state index in [0.717, 1.165) is 25.7 Å². The first-order chi connectivity index (χ1) is 14.1. The van der Waals surface area contributed by atoms with Gasteiger partial charge in [0.1, 0.15) is 11.5 Å². The minimum absolute atomic E-state index is 0.131. The second-order valence-electron chi connectivity index (χ2n) is 7.26. The predicted octanol–water partition coefficient (Wildman–Crippen LogP) is 4.41. The van der Waals surface area contributed by atoms with Crippen molar-refractivity contribution in [3.05, 3.63) is 53.6 Å². The van der Waals surface area contributed by atoms with Gasteiger partial charge in [0.2, 0.25) is 0 Å². The summed E-state index contributed by atoms with van der Waals surface area (Å²) in [7, 11) is 3.10. The average molecular weight is 396 g/mol. The SMILES string of the molecule is COc1ccc(NC(=O)c2cccc(C(=O)NC3CCCCCC3)c2)c(OC)c1. The minimum Gasteiger partial charge on any atom is -0.497 e. The Hall–Kier alpha value is -3.02. The first-order valence-corrected chi connectivity index (χ1v) is 10.0. The third kappa shape index (κ3) is 5.50. The van der Waals surface area contributed by atoms with E-state index in [1.165, 1.54) is 20.0 Å². The summed E-state index contributed by atoms with van der Waals surface area (Å²) in [5.41, 5.74) is 1.44. The van der Waals surface area contributed by atoms with Crippen LogP contribution in [-0.2, 0) is 0 Å². The van der Waals surface area contributed by atoms with Crippen LogP contribution in [0.3, 0.4) is 0 Å². The summed E-state index contributed by atoms with van der Waals surface area (Å²) in [5.74, 6) is 0.697. The number of rotatable bonds is 6. The molecule has 0 unspecified atom stereocenters. The van der Waals surface area contributed by atoms with Gasteiger partial charge >= 0.3 is 0 Å². The highest BCUT2D eigenvalue weighted by Gasteiger charge is 2.17. The number of anilines is 1. The molecule has 2 aromatic carbocycles. The van der Waals surface area contributed by atoms with Crippen LogP contribution in [-0.4, -0.2) is 32.1 Å². The Kier molecular flexibility index (Phi) is 7.11. The largest absolute Gasteiger partial charge is 0.497 e. The molecule has 29 heavy (non-hydrogen) atoms. The molecular formula is C23H28N2O4. The first kappa shape index (κ1) is 20.7. The molecule has 1 fully saturated rings. The predicted molar refractivity (Wildman–Crippen MR) is 113 cm³/mol. The second-order valence-corrected chi connectivity index (χ2v) is 7.26. The molecule has 154 valence electrons. The fraction of sp³-hybridized carbons (Fsp3) is 0.391. The van der Waals surface area contributed by atoms with Gasteiger partial charge in [0.25, 0.3) is 11.8 Å². The van der Waals surface area contributed by atoms with Crippen LogP contribution in [0, 0.1) is 0 Å². The van der Waals surface area contributed by atoms with Gasteiger partial charge in [-0.2, -0.15) is 0 Å². The van der Waals surface area contributed by atoms with Crippen LogP contribution in [0.5, 0.6) is 11.5 Å². The lowest BCUT2D eigenvalue weighted by Gasteiger charge is -2.16. The smallest absolute Gasteiger partial charge is 0.255 e. The van der Waals surface area contributed by atoms with Crippen molar-refractivity contribution in [2.24, 2.45) is 0 Å². The zero-order valence-electron chi connectivity index (χ0n) is 17.0. The highest BCUT2D eigenvalue weighted by Crippen LogP contribution is 2.29. The highest BCUT2D eigenvalue weighted by atomic mass is 16.5. The Morgan fingerprint density at radius 3 is 2.21 bits per heavy atom. The number of nitrogens with one attached hydrogen (secondary N) is 2. The third-order valence-corrected chi connectivity index (χ3v) is 5.23. The van der Waals surface area contributed by atoms with Crippen LogP contribution in [0.1, 0.15) is 59.2 Å². The number of amides is 2. The first-order valence-electron chi connectivity index (χ1n) is 10.0. The van der Waals surface area contributed by atoms with Crippen LogP contribution in [0.4, 0.5) is 5.69 Å². The molecule has 0 heterocycles. The van der Waals surface area contributed by atoms with E-state index in [9.17, 15) is 9.59 Å². The van der Waals surface area contributed by atoms with Gasteiger partial charge in [0.05, 0.1) is 19.9 Å². The maximum Gasteiger partial charge on any atom is 0.255 e. The summed E-state index contributed by atoms with van der Waals surface area (Å²) in [6, 6.07) is 12.1. The van der Waals surface area contributed by atoms with Gasteiger partial charge < -0.3 is 20.1 Å². The van der Waals surface area contributed by atoms with E-state index in [-0.39, 0.29) is 17.9 Å². The molecule has 2 aromatic rings. The van der Waals surface area contributed by atoms with E-state index < -0.39 is 0 Å². The molecule has 1 aliphatic carbocycles. The molecular weight excluding hydrogens is 368 g/mol. The average Bonchev–Trinajstić information content (AvgIpc) is 3.02. The monoisotopic (exact) mass is 396 g/mol. The van der Waals surface area contributed by atoms with E-state index in [1.54, 1.807) is 49.6 Å². The number of carbonyl (C=O) groups is 2. The number of hydrogen-bond acceptors (Lipinski definition) is 4. The van der Waals surface area contributed by atoms with Crippen LogP contribution in [0.15, 0.2) is 42.5 Å².